The van der Waals surface area contributed by atoms with Gasteiger partial charge in [0.1, 0.15) is 6.61 Å². The first kappa shape index (κ1) is 17.0. The molecule has 0 aromatic heterocycles. The summed E-state index contributed by atoms with van der Waals surface area (Å²) in [6, 6.07) is 6.02. The Hall–Kier alpha value is -2.41. The Kier molecular flexibility index (Phi) is 5.33. The summed E-state index contributed by atoms with van der Waals surface area (Å²) in [5, 5.41) is 12.3. The molecule has 0 aliphatic carbocycles. The van der Waals surface area contributed by atoms with Gasteiger partial charge in [-0.3, -0.25) is 10.1 Å². The molecule has 23 heavy (non-hydrogen) atoms. The van der Waals surface area contributed by atoms with Crippen molar-refractivity contribution in [2.75, 3.05) is 6.61 Å². The number of carbonyl (C=O) groups is 1. The fraction of sp³-hybridized carbons (Fsp3) is 0.438. The third kappa shape index (κ3) is 3.87. The van der Waals surface area contributed by atoms with Crippen molar-refractivity contribution in [3.63, 3.8) is 0 Å². The minimum atomic E-state index is -0.438. The molecule has 1 aliphatic heterocycles. The maximum absolute atomic E-state index is 11.9. The van der Waals surface area contributed by atoms with Gasteiger partial charge in [-0.05, 0) is 17.9 Å². The number of nitro groups is 1. The smallest absolute Gasteiger partial charge is 0.424 e. The van der Waals surface area contributed by atoms with Crippen molar-refractivity contribution >= 4 is 11.8 Å². The van der Waals surface area contributed by atoms with Crippen LogP contribution >= 0.6 is 0 Å². The summed E-state index contributed by atoms with van der Waals surface area (Å²) >= 11 is 0. The predicted molar refractivity (Wildman–Crippen MR) is 85.6 cm³/mol. The normalized spacial score (nSPS) is 18.8. The summed E-state index contributed by atoms with van der Waals surface area (Å²) in [7, 11) is 0. The van der Waals surface area contributed by atoms with Gasteiger partial charge in [0, 0.05) is 12.1 Å². The van der Waals surface area contributed by atoms with E-state index in [0.717, 1.165) is 5.56 Å². The molecule has 0 radical (unpaired) electrons. The fourth-order valence-corrected chi connectivity index (χ4v) is 2.50. The number of non-ortho nitro benzene ring substituents is 1. The SMILES string of the molecule is C=CC[C@H](NN1C(=O)OC[C@@H]1C(C)C)c1ccc([N+](=O)[O-])cc1. The molecule has 0 spiro atoms. The fourth-order valence-electron chi connectivity index (χ4n) is 2.50. The summed E-state index contributed by atoms with van der Waals surface area (Å²) in [5.74, 6) is 0.246. The molecule has 2 atom stereocenters. The molecular formula is C16H21N3O4. The number of nitrogens with one attached hydrogen (secondary N) is 1. The van der Waals surface area contributed by atoms with Crippen molar-refractivity contribution in [2.24, 2.45) is 5.92 Å². The van der Waals surface area contributed by atoms with Crippen LogP contribution in [-0.2, 0) is 4.74 Å². The monoisotopic (exact) mass is 319 g/mol. The Morgan fingerprint density at radius 1 is 1.48 bits per heavy atom. The molecular weight excluding hydrogens is 298 g/mol. The van der Waals surface area contributed by atoms with Gasteiger partial charge >= 0.3 is 6.09 Å². The summed E-state index contributed by atoms with van der Waals surface area (Å²) in [5.41, 5.74) is 4.06. The van der Waals surface area contributed by atoms with E-state index in [4.69, 9.17) is 4.74 Å². The number of nitrogens with zero attached hydrogens (tertiary/aromatic N) is 2. The van der Waals surface area contributed by atoms with Crippen molar-refractivity contribution in [3.8, 4) is 0 Å². The van der Waals surface area contributed by atoms with Crippen LogP contribution in [0.15, 0.2) is 36.9 Å². The second-order valence-electron chi connectivity index (χ2n) is 5.81. The molecule has 1 heterocycles. The summed E-state index contributed by atoms with van der Waals surface area (Å²) in [6.07, 6.45) is 1.91. The molecule has 1 aromatic rings. The lowest BCUT2D eigenvalue weighted by molar-refractivity contribution is -0.384. The predicted octanol–water partition coefficient (Wildman–Crippen LogP) is 3.19. The van der Waals surface area contributed by atoms with E-state index < -0.39 is 11.0 Å². The van der Waals surface area contributed by atoms with Crippen LogP contribution in [0.1, 0.15) is 31.9 Å². The zero-order valence-electron chi connectivity index (χ0n) is 13.3. The second kappa shape index (κ2) is 7.23. The molecule has 1 N–H and O–H groups in total. The van der Waals surface area contributed by atoms with Crippen LogP contribution in [0.3, 0.4) is 0 Å². The summed E-state index contributed by atoms with van der Waals surface area (Å²) in [6.45, 7) is 8.14. The van der Waals surface area contributed by atoms with E-state index in [1.807, 2.05) is 13.8 Å². The lowest BCUT2D eigenvalue weighted by atomic mass is 10.0. The Balaban J connectivity index is 2.19. The van der Waals surface area contributed by atoms with E-state index in [0.29, 0.717) is 13.0 Å². The molecule has 1 fully saturated rings. The molecule has 0 unspecified atom stereocenters. The van der Waals surface area contributed by atoms with E-state index in [1.54, 1.807) is 18.2 Å². The number of nitro benzene ring substituents is 1. The van der Waals surface area contributed by atoms with Gasteiger partial charge in [0.05, 0.1) is 17.0 Å². The number of ether oxygens (including phenoxy) is 1. The third-order valence-corrected chi connectivity index (χ3v) is 3.88. The largest absolute Gasteiger partial charge is 0.446 e. The van der Waals surface area contributed by atoms with Crippen LogP contribution in [0.5, 0.6) is 0 Å². The maximum Gasteiger partial charge on any atom is 0.424 e. The Labute approximate surface area is 135 Å². The molecule has 1 aliphatic rings. The van der Waals surface area contributed by atoms with Crippen LogP contribution in [0.25, 0.3) is 0 Å². The molecule has 124 valence electrons. The van der Waals surface area contributed by atoms with Crippen molar-refractivity contribution in [2.45, 2.75) is 32.4 Å². The van der Waals surface area contributed by atoms with Gasteiger partial charge in [-0.25, -0.2) is 15.2 Å². The number of hydrogen-bond donors (Lipinski definition) is 1. The van der Waals surface area contributed by atoms with E-state index in [9.17, 15) is 14.9 Å². The van der Waals surface area contributed by atoms with Crippen LogP contribution in [0, 0.1) is 16.0 Å². The third-order valence-electron chi connectivity index (χ3n) is 3.88. The summed E-state index contributed by atoms with van der Waals surface area (Å²) < 4.78 is 5.11. The highest BCUT2D eigenvalue weighted by molar-refractivity contribution is 5.69. The van der Waals surface area contributed by atoms with Crippen LogP contribution in [0.4, 0.5) is 10.5 Å². The van der Waals surface area contributed by atoms with E-state index >= 15 is 0 Å². The average molecular weight is 319 g/mol. The van der Waals surface area contributed by atoms with Gasteiger partial charge in [-0.2, -0.15) is 0 Å². The highest BCUT2D eigenvalue weighted by Crippen LogP contribution is 2.24. The van der Waals surface area contributed by atoms with Gasteiger partial charge in [0.2, 0.25) is 0 Å². The van der Waals surface area contributed by atoms with Crippen molar-refractivity contribution in [1.82, 2.24) is 10.4 Å². The zero-order chi connectivity index (χ0) is 17.0. The Morgan fingerprint density at radius 2 is 2.13 bits per heavy atom. The van der Waals surface area contributed by atoms with Gasteiger partial charge in [-0.15, -0.1) is 6.58 Å². The van der Waals surface area contributed by atoms with Gasteiger partial charge in [-0.1, -0.05) is 32.1 Å². The number of carbonyl (C=O) groups excluding carboxylic acids is 1. The number of amides is 1. The molecule has 7 heteroatoms. The second-order valence-corrected chi connectivity index (χ2v) is 5.81. The molecule has 0 saturated carbocycles. The molecule has 0 bridgehead atoms. The molecule has 7 nitrogen and oxygen atoms in total. The topological polar surface area (TPSA) is 84.7 Å². The quantitative estimate of drug-likeness (QED) is 0.474. The molecule has 1 saturated heterocycles. The first-order valence-electron chi connectivity index (χ1n) is 7.51. The van der Waals surface area contributed by atoms with Crippen molar-refractivity contribution in [1.29, 1.82) is 0 Å². The lowest BCUT2D eigenvalue weighted by Crippen LogP contribution is -2.48. The van der Waals surface area contributed by atoms with Crippen molar-refractivity contribution in [3.05, 3.63) is 52.6 Å². The average Bonchev–Trinajstić information content (AvgIpc) is 2.88. The summed E-state index contributed by atoms with van der Waals surface area (Å²) in [4.78, 5) is 22.2. The number of hydrogen-bond acceptors (Lipinski definition) is 5. The molecule has 1 amide bonds. The number of hydrazine groups is 1. The number of rotatable bonds is 7. The minimum absolute atomic E-state index is 0.0340. The maximum atomic E-state index is 11.9. The zero-order valence-corrected chi connectivity index (χ0v) is 13.3. The first-order valence-corrected chi connectivity index (χ1v) is 7.51. The first-order chi connectivity index (χ1) is 10.9. The Morgan fingerprint density at radius 3 is 2.65 bits per heavy atom. The number of cyclic esters (lactones) is 1. The highest BCUT2D eigenvalue weighted by atomic mass is 16.6. The van der Waals surface area contributed by atoms with Crippen LogP contribution in [0.2, 0.25) is 0 Å². The van der Waals surface area contributed by atoms with Gasteiger partial charge in [0.15, 0.2) is 0 Å². The van der Waals surface area contributed by atoms with E-state index in [2.05, 4.69) is 12.0 Å². The highest BCUT2D eigenvalue weighted by Gasteiger charge is 2.36. The molecule has 2 rings (SSSR count). The van der Waals surface area contributed by atoms with Gasteiger partial charge in [0.25, 0.3) is 5.69 Å². The Bertz CT molecular complexity index is 585. The van der Waals surface area contributed by atoms with Gasteiger partial charge < -0.3 is 4.74 Å². The van der Waals surface area contributed by atoms with E-state index in [-0.39, 0.29) is 23.7 Å². The number of benzene rings is 1. The molecule has 1 aromatic carbocycles. The lowest BCUT2D eigenvalue weighted by Gasteiger charge is -2.29. The minimum Gasteiger partial charge on any atom is -0.446 e. The standard InChI is InChI=1S/C16H21N3O4/c1-4-5-14(12-6-8-13(9-7-12)19(21)22)17-18-15(11(2)3)10-23-16(18)20/h4,6-9,11,14-15,17H,1,5,10H2,2-3H3/t14-,15+/m0/s1. The van der Waals surface area contributed by atoms with Crippen molar-refractivity contribution < 1.29 is 14.5 Å². The van der Waals surface area contributed by atoms with E-state index in [1.165, 1.54) is 17.1 Å². The van der Waals surface area contributed by atoms with Crippen LogP contribution < -0.4 is 5.43 Å². The van der Waals surface area contributed by atoms with Crippen LogP contribution in [-0.4, -0.2) is 28.7 Å².